The maximum Gasteiger partial charge on any atom is 0.309 e. The van der Waals surface area contributed by atoms with Crippen molar-refractivity contribution in [2.45, 2.75) is 50.6 Å². The fraction of sp³-hybridized carbons (Fsp3) is 0.421. The van der Waals surface area contributed by atoms with Gasteiger partial charge in [0, 0.05) is 6.42 Å². The molecule has 5 amide bonds. The first kappa shape index (κ1) is 26.3. The second-order valence-electron chi connectivity index (χ2n) is 7.12. The van der Waals surface area contributed by atoms with Crippen molar-refractivity contribution >= 4 is 29.5 Å². The van der Waals surface area contributed by atoms with Crippen molar-refractivity contribution in [3.05, 3.63) is 29.8 Å². The molecule has 0 saturated heterocycles. The smallest absolute Gasteiger partial charge is 0.309 e. The van der Waals surface area contributed by atoms with Gasteiger partial charge in [0.2, 0.25) is 17.7 Å². The van der Waals surface area contributed by atoms with Crippen LogP contribution in [-0.2, 0) is 30.4 Å². The molecule has 32 heavy (non-hydrogen) atoms. The van der Waals surface area contributed by atoms with Crippen LogP contribution in [0.15, 0.2) is 24.3 Å². The predicted octanol–water partition coefficient (Wildman–Crippen LogP) is -3.88. The number of benzene rings is 1. The predicted molar refractivity (Wildman–Crippen MR) is 109 cm³/mol. The number of aromatic hydroxyl groups is 1. The van der Waals surface area contributed by atoms with Crippen molar-refractivity contribution in [2.75, 3.05) is 0 Å². The van der Waals surface area contributed by atoms with E-state index in [2.05, 4.69) is 10.6 Å². The highest BCUT2D eigenvalue weighted by atomic mass is 16.3. The van der Waals surface area contributed by atoms with E-state index >= 15 is 0 Å². The molecule has 0 aliphatic carbocycles. The number of nitrogens with two attached hydrogens (primary N) is 2. The summed E-state index contributed by atoms with van der Waals surface area (Å²) < 4.78 is 0. The molecule has 0 radical (unpaired) electrons. The summed E-state index contributed by atoms with van der Waals surface area (Å²) in [6, 6.07) is 1.31. The Labute approximate surface area is 183 Å². The number of aliphatic hydroxyl groups is 2. The summed E-state index contributed by atoms with van der Waals surface area (Å²) in [4.78, 5) is 59.3. The minimum atomic E-state index is -1.66. The monoisotopic (exact) mass is 453 g/mol. The van der Waals surface area contributed by atoms with Crippen LogP contribution < -0.4 is 27.4 Å². The van der Waals surface area contributed by atoms with E-state index in [4.69, 9.17) is 11.5 Å². The summed E-state index contributed by atoms with van der Waals surface area (Å²) in [5.74, 6) is -5.69. The van der Waals surface area contributed by atoms with Crippen molar-refractivity contribution in [3.63, 3.8) is 0 Å². The van der Waals surface area contributed by atoms with Gasteiger partial charge in [0.05, 0.1) is 12.2 Å². The largest absolute Gasteiger partial charge is 0.508 e. The molecule has 1 rings (SSSR count). The van der Waals surface area contributed by atoms with Crippen molar-refractivity contribution in [2.24, 2.45) is 11.5 Å². The van der Waals surface area contributed by atoms with Gasteiger partial charge in [-0.05, 0) is 31.5 Å². The maximum atomic E-state index is 12.6. The van der Waals surface area contributed by atoms with E-state index < -0.39 is 59.9 Å². The first-order chi connectivity index (χ1) is 14.8. The van der Waals surface area contributed by atoms with Crippen LogP contribution in [0.5, 0.6) is 5.75 Å². The molecule has 10 N–H and O–H groups in total. The van der Waals surface area contributed by atoms with Crippen molar-refractivity contribution < 1.29 is 39.3 Å². The second-order valence-corrected chi connectivity index (χ2v) is 7.12. The summed E-state index contributed by atoms with van der Waals surface area (Å²) in [7, 11) is 0. The molecule has 0 saturated carbocycles. The lowest BCUT2D eigenvalue weighted by Crippen LogP contribution is -2.62. The Morgan fingerprint density at radius 2 is 1.31 bits per heavy atom. The number of aliphatic hydroxyl groups excluding tert-OH is 2. The number of amides is 5. The molecule has 13 nitrogen and oxygen atoms in total. The van der Waals surface area contributed by atoms with E-state index in [-0.39, 0.29) is 12.2 Å². The van der Waals surface area contributed by atoms with Crippen LogP contribution in [0.4, 0.5) is 0 Å². The summed E-state index contributed by atoms with van der Waals surface area (Å²) in [6.45, 7) is 2.33. The van der Waals surface area contributed by atoms with Gasteiger partial charge in [-0.2, -0.15) is 0 Å². The number of hydrogen-bond donors (Lipinski definition) is 8. The van der Waals surface area contributed by atoms with Gasteiger partial charge < -0.3 is 42.7 Å². The third-order valence-corrected chi connectivity index (χ3v) is 4.37. The number of hydrogen-bond acceptors (Lipinski definition) is 8. The molecule has 5 atom stereocenters. The molecule has 1 aromatic rings. The molecule has 0 aliphatic heterocycles. The number of primary amides is 2. The molecule has 0 bridgehead atoms. The fourth-order valence-electron chi connectivity index (χ4n) is 2.62. The summed E-state index contributed by atoms with van der Waals surface area (Å²) in [5.41, 5.74) is 10.7. The zero-order chi connectivity index (χ0) is 24.6. The highest BCUT2D eigenvalue weighted by molar-refractivity contribution is 6.34. The fourth-order valence-corrected chi connectivity index (χ4v) is 2.62. The molecule has 0 unspecified atom stereocenters. The van der Waals surface area contributed by atoms with Crippen LogP contribution in [0, 0.1) is 0 Å². The molecule has 13 heteroatoms. The third kappa shape index (κ3) is 7.85. The van der Waals surface area contributed by atoms with Gasteiger partial charge in [0.1, 0.15) is 23.9 Å². The molecule has 0 aromatic heterocycles. The quantitative estimate of drug-likeness (QED) is 0.163. The van der Waals surface area contributed by atoms with Crippen molar-refractivity contribution in [1.29, 1.82) is 0 Å². The summed E-state index contributed by atoms with van der Waals surface area (Å²) >= 11 is 0. The van der Waals surface area contributed by atoms with Crippen molar-refractivity contribution in [3.8, 4) is 5.75 Å². The molecular formula is C19H27N5O8. The normalized spacial score (nSPS) is 15.4. The van der Waals surface area contributed by atoms with Gasteiger partial charge in [-0.3, -0.25) is 24.0 Å². The van der Waals surface area contributed by atoms with Gasteiger partial charge >= 0.3 is 11.8 Å². The lowest BCUT2D eigenvalue weighted by molar-refractivity contribution is -0.141. The van der Waals surface area contributed by atoms with E-state index in [0.717, 1.165) is 6.92 Å². The minimum absolute atomic E-state index is 0.00128. The lowest BCUT2D eigenvalue weighted by atomic mass is 10.0. The van der Waals surface area contributed by atoms with Crippen LogP contribution in [0.3, 0.4) is 0 Å². The highest BCUT2D eigenvalue weighted by Gasteiger charge is 2.34. The standard InChI is InChI=1S/C19H27N5O8/c1-8(25)13(23-18(31)14(9(2)26)24-19(32)16(21)29)17(30)22-12(15(20)28)7-10-3-5-11(27)6-4-10/h3-6,8-9,12-14,25-27H,7H2,1-2H3,(H2,20,28)(H2,21,29)(H,22,30)(H,23,31)(H,24,32)/t8-,9-,12-,13-,14+/m1/s1. The number of carbonyl (C=O) groups is 5. The number of nitrogens with one attached hydrogen (secondary N) is 3. The minimum Gasteiger partial charge on any atom is -0.508 e. The molecule has 0 spiro atoms. The average Bonchev–Trinajstić information content (AvgIpc) is 2.69. The topological polar surface area (TPSA) is 234 Å². The maximum absolute atomic E-state index is 12.6. The van der Waals surface area contributed by atoms with Crippen LogP contribution in [0.25, 0.3) is 0 Å². The van der Waals surface area contributed by atoms with E-state index in [1.54, 1.807) is 0 Å². The molecule has 1 aromatic carbocycles. The average molecular weight is 453 g/mol. The molecular weight excluding hydrogens is 426 g/mol. The Kier molecular flexibility index (Phi) is 9.56. The zero-order valence-electron chi connectivity index (χ0n) is 17.4. The second kappa shape index (κ2) is 11.6. The number of rotatable bonds is 10. The Hall–Kier alpha value is -3.71. The zero-order valence-corrected chi connectivity index (χ0v) is 17.4. The third-order valence-electron chi connectivity index (χ3n) is 4.37. The van der Waals surface area contributed by atoms with Gasteiger partial charge in [0.15, 0.2) is 0 Å². The van der Waals surface area contributed by atoms with E-state index in [1.165, 1.54) is 31.2 Å². The Balaban J connectivity index is 2.95. The van der Waals surface area contributed by atoms with E-state index in [1.807, 2.05) is 5.32 Å². The first-order valence-corrected chi connectivity index (χ1v) is 9.47. The molecule has 0 fully saturated rings. The molecule has 176 valence electrons. The van der Waals surface area contributed by atoms with Gasteiger partial charge in [-0.15, -0.1) is 0 Å². The summed E-state index contributed by atoms with van der Waals surface area (Å²) in [6.07, 6.45) is -2.97. The molecule has 0 aliphatic rings. The van der Waals surface area contributed by atoms with Gasteiger partial charge in [-0.25, -0.2) is 0 Å². The Bertz CT molecular complexity index is 856. The number of carbonyl (C=O) groups excluding carboxylic acids is 5. The van der Waals surface area contributed by atoms with E-state index in [0.29, 0.717) is 5.56 Å². The van der Waals surface area contributed by atoms with Crippen molar-refractivity contribution in [1.82, 2.24) is 16.0 Å². The Morgan fingerprint density at radius 3 is 1.75 bits per heavy atom. The lowest BCUT2D eigenvalue weighted by Gasteiger charge is -2.27. The SMILES string of the molecule is C[C@@H](O)[C@H](NC(=O)C(N)=O)C(=O)N[C@@H](C(=O)N[C@H](Cc1ccc(O)cc1)C(N)=O)[C@@H](C)O. The number of phenols is 1. The highest BCUT2D eigenvalue weighted by Crippen LogP contribution is 2.11. The first-order valence-electron chi connectivity index (χ1n) is 9.47. The van der Waals surface area contributed by atoms with Crippen LogP contribution >= 0.6 is 0 Å². The van der Waals surface area contributed by atoms with E-state index in [9.17, 15) is 39.3 Å². The van der Waals surface area contributed by atoms with Crippen LogP contribution in [-0.4, -0.2) is 75.2 Å². The molecule has 0 heterocycles. The number of phenolic OH excluding ortho intramolecular Hbond substituents is 1. The van der Waals surface area contributed by atoms with Gasteiger partial charge in [0.25, 0.3) is 0 Å². The summed E-state index contributed by atoms with van der Waals surface area (Å²) in [5, 5.41) is 35.4. The Morgan fingerprint density at radius 1 is 0.844 bits per heavy atom. The van der Waals surface area contributed by atoms with Crippen LogP contribution in [0.2, 0.25) is 0 Å². The van der Waals surface area contributed by atoms with Gasteiger partial charge in [-0.1, -0.05) is 12.1 Å². The van der Waals surface area contributed by atoms with Crippen LogP contribution in [0.1, 0.15) is 19.4 Å².